The first-order valence-electron chi connectivity index (χ1n) is 10.8. The van der Waals surface area contributed by atoms with Gasteiger partial charge in [0.2, 0.25) is 0 Å². The van der Waals surface area contributed by atoms with Crippen LogP contribution in [0.25, 0.3) is 0 Å². The average Bonchev–Trinajstić information content (AvgIpc) is 3.04. The van der Waals surface area contributed by atoms with Crippen LogP contribution in [-0.2, 0) is 11.3 Å². The summed E-state index contributed by atoms with van der Waals surface area (Å²) >= 11 is 0. The molecule has 0 bridgehead atoms. The summed E-state index contributed by atoms with van der Waals surface area (Å²) in [6, 6.07) is 17.1. The number of ether oxygens (including phenoxy) is 1. The van der Waals surface area contributed by atoms with E-state index in [1.807, 2.05) is 37.3 Å². The molecule has 172 valence electrons. The van der Waals surface area contributed by atoms with E-state index < -0.39 is 0 Å². The van der Waals surface area contributed by atoms with E-state index in [9.17, 15) is 9.59 Å². The molecule has 2 N–H and O–H groups in total. The summed E-state index contributed by atoms with van der Waals surface area (Å²) in [7, 11) is 0. The lowest BCUT2D eigenvalue weighted by atomic mass is 10.1. The minimum Gasteiger partial charge on any atom is -0.375 e. The van der Waals surface area contributed by atoms with E-state index in [0.717, 1.165) is 24.5 Å². The third-order valence-electron chi connectivity index (χ3n) is 4.93. The second kappa shape index (κ2) is 13.8. The first-order chi connectivity index (χ1) is 15.2. The molecule has 1 aliphatic rings. The molecule has 8 heteroatoms. The number of imide groups is 1. The van der Waals surface area contributed by atoms with E-state index in [4.69, 9.17) is 4.74 Å². The summed E-state index contributed by atoms with van der Waals surface area (Å²) in [6.07, 6.45) is 1.50. The zero-order valence-corrected chi connectivity index (χ0v) is 20.7. The van der Waals surface area contributed by atoms with Gasteiger partial charge in [-0.3, -0.25) is 19.5 Å². The molecule has 7 nitrogen and oxygen atoms in total. The smallest absolute Gasteiger partial charge is 0.261 e. The lowest BCUT2D eigenvalue weighted by Crippen LogP contribution is -2.39. The van der Waals surface area contributed by atoms with Gasteiger partial charge in [-0.15, -0.1) is 24.0 Å². The van der Waals surface area contributed by atoms with Gasteiger partial charge in [0.05, 0.1) is 24.3 Å². The van der Waals surface area contributed by atoms with Crippen molar-refractivity contribution in [3.05, 3.63) is 71.3 Å². The van der Waals surface area contributed by atoms with E-state index in [2.05, 4.69) is 15.6 Å². The second-order valence-electron chi connectivity index (χ2n) is 7.24. The Labute approximate surface area is 206 Å². The molecule has 0 radical (unpaired) electrons. The van der Waals surface area contributed by atoms with Gasteiger partial charge in [0.15, 0.2) is 5.96 Å². The van der Waals surface area contributed by atoms with Crippen LogP contribution < -0.4 is 10.6 Å². The van der Waals surface area contributed by atoms with E-state index in [0.29, 0.717) is 50.4 Å². The Bertz CT molecular complexity index is 870. The van der Waals surface area contributed by atoms with Crippen molar-refractivity contribution in [2.45, 2.75) is 26.4 Å². The van der Waals surface area contributed by atoms with Crippen LogP contribution in [0.1, 0.15) is 46.0 Å². The monoisotopic (exact) mass is 550 g/mol. The van der Waals surface area contributed by atoms with Crippen LogP contribution in [-0.4, -0.2) is 55.5 Å². The number of benzene rings is 2. The van der Waals surface area contributed by atoms with Crippen molar-refractivity contribution in [3.63, 3.8) is 0 Å². The number of guanidine groups is 1. The van der Waals surface area contributed by atoms with Crippen LogP contribution in [0.2, 0.25) is 0 Å². The van der Waals surface area contributed by atoms with Crippen molar-refractivity contribution < 1.29 is 14.3 Å². The summed E-state index contributed by atoms with van der Waals surface area (Å²) in [5.41, 5.74) is 2.15. The fourth-order valence-corrected chi connectivity index (χ4v) is 3.36. The SMILES string of the molecule is CCNC(=NCCCCN1C(=O)c2ccccc2C1=O)NCCOCc1ccccc1.I. The molecule has 2 amide bonds. The number of amides is 2. The third kappa shape index (κ3) is 7.30. The first-order valence-corrected chi connectivity index (χ1v) is 10.8. The topological polar surface area (TPSA) is 83.0 Å². The van der Waals surface area contributed by atoms with Gasteiger partial charge in [-0.05, 0) is 37.5 Å². The van der Waals surface area contributed by atoms with Crippen LogP contribution in [0, 0.1) is 0 Å². The predicted octanol–water partition coefficient (Wildman–Crippen LogP) is 3.45. The van der Waals surface area contributed by atoms with Crippen LogP contribution in [0.4, 0.5) is 0 Å². The maximum Gasteiger partial charge on any atom is 0.261 e. The maximum absolute atomic E-state index is 12.4. The van der Waals surface area contributed by atoms with Gasteiger partial charge < -0.3 is 15.4 Å². The summed E-state index contributed by atoms with van der Waals surface area (Å²) in [4.78, 5) is 30.6. The van der Waals surface area contributed by atoms with Gasteiger partial charge in [-0.2, -0.15) is 0 Å². The van der Waals surface area contributed by atoms with E-state index in [1.54, 1.807) is 24.3 Å². The molecule has 0 saturated heterocycles. The Morgan fingerprint density at radius 1 is 0.938 bits per heavy atom. The molecule has 0 atom stereocenters. The van der Waals surface area contributed by atoms with Gasteiger partial charge in [0, 0.05) is 26.2 Å². The molecule has 0 spiro atoms. The number of rotatable bonds is 11. The number of aliphatic imine (C=N–C) groups is 1. The van der Waals surface area contributed by atoms with Crippen molar-refractivity contribution in [1.29, 1.82) is 0 Å². The van der Waals surface area contributed by atoms with Crippen molar-refractivity contribution in [2.75, 3.05) is 32.8 Å². The Kier molecular flexibility index (Phi) is 11.2. The first kappa shape index (κ1) is 25.8. The number of nitrogens with one attached hydrogen (secondary N) is 2. The lowest BCUT2D eigenvalue weighted by molar-refractivity contribution is 0.0652. The van der Waals surface area contributed by atoms with E-state index in [1.165, 1.54) is 4.90 Å². The minimum absolute atomic E-state index is 0. The molecular formula is C24H31IN4O3. The predicted molar refractivity (Wildman–Crippen MR) is 137 cm³/mol. The fourth-order valence-electron chi connectivity index (χ4n) is 3.36. The number of carbonyl (C=O) groups is 2. The van der Waals surface area contributed by atoms with Crippen molar-refractivity contribution in [3.8, 4) is 0 Å². The molecule has 0 unspecified atom stereocenters. The molecule has 2 aromatic rings. The van der Waals surface area contributed by atoms with Gasteiger partial charge in [-0.25, -0.2) is 0 Å². The highest BCUT2D eigenvalue weighted by molar-refractivity contribution is 14.0. The van der Waals surface area contributed by atoms with Crippen molar-refractivity contribution >= 4 is 41.8 Å². The van der Waals surface area contributed by atoms with Gasteiger partial charge >= 0.3 is 0 Å². The minimum atomic E-state index is -0.199. The van der Waals surface area contributed by atoms with Crippen LogP contribution in [0.3, 0.4) is 0 Å². The fraction of sp³-hybridized carbons (Fsp3) is 0.375. The molecule has 0 saturated carbocycles. The lowest BCUT2D eigenvalue weighted by Gasteiger charge is -2.14. The zero-order chi connectivity index (χ0) is 21.9. The van der Waals surface area contributed by atoms with Gasteiger partial charge in [0.25, 0.3) is 11.8 Å². The van der Waals surface area contributed by atoms with Gasteiger partial charge in [-0.1, -0.05) is 42.5 Å². The number of unbranched alkanes of at least 4 members (excludes halogenated alkanes) is 1. The summed E-state index contributed by atoms with van der Waals surface area (Å²) in [5.74, 6) is 0.343. The summed E-state index contributed by atoms with van der Waals surface area (Å²) in [6.45, 7) is 5.65. The highest BCUT2D eigenvalue weighted by Crippen LogP contribution is 2.22. The Morgan fingerprint density at radius 2 is 1.59 bits per heavy atom. The molecule has 0 aromatic heterocycles. The highest BCUT2D eigenvalue weighted by Gasteiger charge is 2.34. The van der Waals surface area contributed by atoms with E-state index in [-0.39, 0.29) is 35.8 Å². The quantitative estimate of drug-likeness (QED) is 0.147. The molecule has 1 heterocycles. The summed E-state index contributed by atoms with van der Waals surface area (Å²) < 4.78 is 5.68. The normalized spacial score (nSPS) is 13.0. The van der Waals surface area contributed by atoms with Crippen LogP contribution >= 0.6 is 24.0 Å². The Morgan fingerprint density at radius 3 is 2.25 bits per heavy atom. The van der Waals surface area contributed by atoms with Crippen LogP contribution in [0.15, 0.2) is 59.6 Å². The molecule has 3 rings (SSSR count). The molecule has 2 aromatic carbocycles. The number of carbonyl (C=O) groups excluding carboxylic acids is 2. The van der Waals surface area contributed by atoms with Crippen molar-refractivity contribution in [1.82, 2.24) is 15.5 Å². The highest BCUT2D eigenvalue weighted by atomic mass is 127. The number of hydrogen-bond donors (Lipinski definition) is 2. The molecule has 1 aliphatic heterocycles. The van der Waals surface area contributed by atoms with Crippen molar-refractivity contribution in [2.24, 2.45) is 4.99 Å². The largest absolute Gasteiger partial charge is 0.375 e. The van der Waals surface area contributed by atoms with E-state index >= 15 is 0 Å². The third-order valence-corrected chi connectivity index (χ3v) is 4.93. The number of halogens is 1. The van der Waals surface area contributed by atoms with Gasteiger partial charge in [0.1, 0.15) is 0 Å². The zero-order valence-electron chi connectivity index (χ0n) is 18.4. The summed E-state index contributed by atoms with van der Waals surface area (Å²) in [5, 5.41) is 6.47. The Hall–Kier alpha value is -2.46. The maximum atomic E-state index is 12.4. The number of fused-ring (bicyclic) bond motifs is 1. The molecule has 0 fully saturated rings. The number of nitrogens with zero attached hydrogens (tertiary/aromatic N) is 2. The number of hydrogen-bond acceptors (Lipinski definition) is 4. The standard InChI is InChI=1S/C24H30N4O3.HI/c1-2-25-24(27-15-17-31-18-19-10-4-3-5-11-19)26-14-8-9-16-28-22(29)20-12-6-7-13-21(20)23(28)30;/h3-7,10-13H,2,8-9,14-18H2,1H3,(H2,25,26,27);1H. The molecule has 0 aliphatic carbocycles. The average molecular weight is 550 g/mol. The van der Waals surface area contributed by atoms with Crippen LogP contribution in [0.5, 0.6) is 0 Å². The molecule has 32 heavy (non-hydrogen) atoms. The second-order valence-corrected chi connectivity index (χ2v) is 7.24. The molecular weight excluding hydrogens is 519 g/mol. The Balaban J connectivity index is 0.00000363.